The molecular weight excluding hydrogens is 286 g/mol. The number of amides is 1. The Bertz CT molecular complexity index is 257. The van der Waals surface area contributed by atoms with Crippen LogP contribution in [0.2, 0.25) is 0 Å². The molecule has 4 nitrogen and oxygen atoms in total. The Morgan fingerprint density at radius 1 is 1.47 bits per heavy atom. The molecule has 0 saturated carbocycles. The molecule has 0 aliphatic carbocycles. The van der Waals surface area contributed by atoms with Crippen LogP contribution in [0, 0.1) is 5.92 Å². The summed E-state index contributed by atoms with van der Waals surface area (Å²) in [7, 11) is 0. The van der Waals surface area contributed by atoms with Crippen molar-refractivity contribution in [2.75, 3.05) is 19.7 Å². The average Bonchev–Trinajstić information content (AvgIpc) is 2.26. The summed E-state index contributed by atoms with van der Waals surface area (Å²) in [6.07, 6.45) is 1.59. The lowest BCUT2D eigenvalue weighted by Crippen LogP contribution is -2.43. The van der Waals surface area contributed by atoms with Crippen molar-refractivity contribution in [3.8, 4) is 0 Å². The van der Waals surface area contributed by atoms with Gasteiger partial charge in [0.2, 0.25) is 0 Å². The summed E-state index contributed by atoms with van der Waals surface area (Å²) < 4.78 is 5.33. The van der Waals surface area contributed by atoms with Crippen molar-refractivity contribution >= 4 is 22.0 Å². The number of alkyl halides is 1. The molecule has 0 radical (unpaired) electrons. The van der Waals surface area contributed by atoms with Gasteiger partial charge in [-0.25, -0.2) is 4.79 Å². The number of nitrogens with zero attached hydrogens (tertiary/aromatic N) is 1. The SMILES string of the molecule is CC(C)(C)OC(=O)N1CCC(C(Br)CO)CC1. The van der Waals surface area contributed by atoms with Crippen LogP contribution in [0.15, 0.2) is 0 Å². The van der Waals surface area contributed by atoms with Gasteiger partial charge in [0.15, 0.2) is 0 Å². The van der Waals surface area contributed by atoms with Crippen LogP contribution in [-0.2, 0) is 4.74 Å². The first-order chi connectivity index (χ1) is 7.83. The highest BCUT2D eigenvalue weighted by Crippen LogP contribution is 2.25. The number of rotatable bonds is 2. The number of hydrogen-bond acceptors (Lipinski definition) is 3. The molecule has 1 saturated heterocycles. The molecule has 1 N–H and O–H groups in total. The van der Waals surface area contributed by atoms with Crippen LogP contribution in [-0.4, -0.2) is 46.2 Å². The van der Waals surface area contributed by atoms with Crippen LogP contribution >= 0.6 is 15.9 Å². The Balaban J connectivity index is 2.39. The minimum absolute atomic E-state index is 0.142. The van der Waals surface area contributed by atoms with Crippen molar-refractivity contribution in [3.05, 3.63) is 0 Å². The van der Waals surface area contributed by atoms with Crippen molar-refractivity contribution in [1.29, 1.82) is 0 Å². The highest BCUT2D eigenvalue weighted by atomic mass is 79.9. The number of carbonyl (C=O) groups is 1. The van der Waals surface area contributed by atoms with Gasteiger partial charge in [0.25, 0.3) is 0 Å². The summed E-state index contributed by atoms with van der Waals surface area (Å²) in [6, 6.07) is 0. The molecule has 17 heavy (non-hydrogen) atoms. The number of aliphatic hydroxyl groups excluding tert-OH is 1. The van der Waals surface area contributed by atoms with E-state index in [0.717, 1.165) is 12.8 Å². The maximum atomic E-state index is 11.8. The third kappa shape index (κ3) is 4.84. The number of halogens is 1. The number of aliphatic hydroxyl groups is 1. The smallest absolute Gasteiger partial charge is 0.410 e. The molecule has 1 atom stereocenters. The predicted molar refractivity (Wildman–Crippen MR) is 70.3 cm³/mol. The van der Waals surface area contributed by atoms with E-state index in [4.69, 9.17) is 9.84 Å². The molecule has 5 heteroatoms. The lowest BCUT2D eigenvalue weighted by atomic mass is 9.94. The molecule has 0 aromatic carbocycles. The lowest BCUT2D eigenvalue weighted by Gasteiger charge is -2.34. The predicted octanol–water partition coefficient (Wildman–Crippen LogP) is 2.39. The molecule has 1 aliphatic rings. The van der Waals surface area contributed by atoms with Crippen LogP contribution in [0.1, 0.15) is 33.6 Å². The first-order valence-corrected chi connectivity index (χ1v) is 6.98. The zero-order valence-corrected chi connectivity index (χ0v) is 12.4. The Morgan fingerprint density at radius 3 is 2.41 bits per heavy atom. The molecule has 1 heterocycles. The molecule has 0 aromatic rings. The first kappa shape index (κ1) is 14.8. The summed E-state index contributed by atoms with van der Waals surface area (Å²) in [5.74, 6) is 0.443. The molecule has 1 rings (SSSR count). The molecular formula is C12H22BrNO3. The average molecular weight is 308 g/mol. The normalized spacial score (nSPS) is 20.2. The number of hydrogen-bond donors (Lipinski definition) is 1. The summed E-state index contributed by atoms with van der Waals surface area (Å²) in [4.78, 5) is 13.7. The van der Waals surface area contributed by atoms with E-state index >= 15 is 0 Å². The van der Waals surface area contributed by atoms with Gasteiger partial charge in [0, 0.05) is 17.9 Å². The van der Waals surface area contributed by atoms with Crippen molar-refractivity contribution in [2.45, 2.75) is 44.0 Å². The van der Waals surface area contributed by atoms with Crippen molar-refractivity contribution in [3.63, 3.8) is 0 Å². The minimum Gasteiger partial charge on any atom is -0.444 e. The number of likely N-dealkylation sites (tertiary alicyclic amines) is 1. The Labute approximate surface area is 111 Å². The van der Waals surface area contributed by atoms with Gasteiger partial charge in [0.05, 0.1) is 6.61 Å². The third-order valence-electron chi connectivity index (χ3n) is 2.88. The zero-order chi connectivity index (χ0) is 13.1. The number of ether oxygens (including phenoxy) is 1. The molecule has 0 aromatic heterocycles. The van der Waals surface area contributed by atoms with Crippen LogP contribution in [0.3, 0.4) is 0 Å². The summed E-state index contributed by atoms with van der Waals surface area (Å²) in [5, 5.41) is 9.06. The van der Waals surface area contributed by atoms with E-state index in [0.29, 0.717) is 19.0 Å². The summed E-state index contributed by atoms with van der Waals surface area (Å²) in [5.41, 5.74) is -0.434. The van der Waals surface area contributed by atoms with Crippen LogP contribution in [0.5, 0.6) is 0 Å². The van der Waals surface area contributed by atoms with Crippen molar-refractivity contribution < 1.29 is 14.6 Å². The highest BCUT2D eigenvalue weighted by molar-refractivity contribution is 9.09. The molecule has 1 aliphatic heterocycles. The molecule has 1 amide bonds. The van der Waals surface area contributed by atoms with Gasteiger partial charge in [0.1, 0.15) is 5.60 Å². The van der Waals surface area contributed by atoms with Gasteiger partial charge >= 0.3 is 6.09 Å². The van der Waals surface area contributed by atoms with Gasteiger partial charge < -0.3 is 14.7 Å². The molecule has 0 spiro atoms. The molecule has 0 bridgehead atoms. The van der Waals surface area contributed by atoms with Gasteiger partial charge in [-0.3, -0.25) is 0 Å². The first-order valence-electron chi connectivity index (χ1n) is 6.06. The van der Waals surface area contributed by atoms with E-state index in [-0.39, 0.29) is 17.5 Å². The second-order valence-electron chi connectivity index (χ2n) is 5.50. The van der Waals surface area contributed by atoms with E-state index in [2.05, 4.69) is 15.9 Å². The van der Waals surface area contributed by atoms with Gasteiger partial charge in [-0.15, -0.1) is 0 Å². The van der Waals surface area contributed by atoms with Crippen molar-refractivity contribution in [1.82, 2.24) is 4.90 Å². The zero-order valence-electron chi connectivity index (χ0n) is 10.8. The van der Waals surface area contributed by atoms with Gasteiger partial charge in [-0.2, -0.15) is 0 Å². The van der Waals surface area contributed by atoms with Crippen LogP contribution in [0.4, 0.5) is 4.79 Å². The summed E-state index contributed by atoms with van der Waals surface area (Å²) in [6.45, 7) is 7.19. The minimum atomic E-state index is -0.434. The van der Waals surface area contributed by atoms with E-state index in [1.807, 2.05) is 20.8 Å². The van der Waals surface area contributed by atoms with E-state index in [1.165, 1.54) is 0 Å². The van der Waals surface area contributed by atoms with Gasteiger partial charge in [-0.05, 0) is 39.5 Å². The monoisotopic (exact) mass is 307 g/mol. The Hall–Kier alpha value is -0.290. The van der Waals surface area contributed by atoms with Crippen molar-refractivity contribution in [2.24, 2.45) is 5.92 Å². The van der Waals surface area contributed by atoms with E-state index in [9.17, 15) is 4.79 Å². The van der Waals surface area contributed by atoms with Crippen LogP contribution in [0.25, 0.3) is 0 Å². The number of piperidine rings is 1. The second-order valence-corrected chi connectivity index (χ2v) is 6.68. The highest BCUT2D eigenvalue weighted by Gasteiger charge is 2.29. The topological polar surface area (TPSA) is 49.8 Å². The Morgan fingerprint density at radius 2 is 2.00 bits per heavy atom. The third-order valence-corrected chi connectivity index (χ3v) is 3.91. The molecule has 100 valence electrons. The van der Waals surface area contributed by atoms with E-state index in [1.54, 1.807) is 4.90 Å². The fourth-order valence-electron chi connectivity index (χ4n) is 1.92. The number of carbonyl (C=O) groups excluding carboxylic acids is 1. The van der Waals surface area contributed by atoms with Gasteiger partial charge in [-0.1, -0.05) is 15.9 Å². The fourth-order valence-corrected chi connectivity index (χ4v) is 2.45. The lowest BCUT2D eigenvalue weighted by molar-refractivity contribution is 0.0179. The molecule has 1 unspecified atom stereocenters. The largest absolute Gasteiger partial charge is 0.444 e. The Kier molecular flexibility index (Phi) is 5.25. The summed E-state index contributed by atoms with van der Waals surface area (Å²) >= 11 is 3.46. The second kappa shape index (κ2) is 6.05. The van der Waals surface area contributed by atoms with E-state index < -0.39 is 5.60 Å². The van der Waals surface area contributed by atoms with Crippen LogP contribution < -0.4 is 0 Å². The maximum Gasteiger partial charge on any atom is 0.410 e. The standard InChI is InChI=1S/C12H22BrNO3/c1-12(2,3)17-11(16)14-6-4-9(5-7-14)10(13)8-15/h9-10,15H,4-8H2,1-3H3. The molecule has 1 fully saturated rings. The quantitative estimate of drug-likeness (QED) is 0.797. The maximum absolute atomic E-state index is 11.8. The fraction of sp³-hybridized carbons (Fsp3) is 0.917.